The van der Waals surface area contributed by atoms with Crippen LogP contribution in [0.4, 0.5) is 0 Å². The number of aromatic nitrogens is 19. The third-order valence-electron chi connectivity index (χ3n) is 11.5. The summed E-state index contributed by atoms with van der Waals surface area (Å²) < 4.78 is 0. The molecule has 12 heterocycles. The minimum absolute atomic E-state index is 0.829. The van der Waals surface area contributed by atoms with E-state index < -0.39 is 0 Å². The van der Waals surface area contributed by atoms with Crippen LogP contribution in [0, 0.1) is 166 Å². The van der Waals surface area contributed by atoms with Crippen molar-refractivity contribution in [3.63, 3.8) is 0 Å². The van der Waals surface area contributed by atoms with Crippen molar-refractivity contribution in [3.05, 3.63) is 314 Å². The van der Waals surface area contributed by atoms with E-state index in [-0.39, 0.29) is 0 Å². The van der Waals surface area contributed by atoms with Crippen molar-refractivity contribution in [2.45, 2.75) is 332 Å². The van der Waals surface area contributed by atoms with Crippen molar-refractivity contribution >= 4 is 0 Å². The van der Waals surface area contributed by atoms with Crippen molar-refractivity contribution in [2.24, 2.45) is 0 Å². The van der Waals surface area contributed by atoms with Gasteiger partial charge in [0.05, 0.1) is 34.2 Å². The van der Waals surface area contributed by atoms with E-state index in [1.54, 1.807) is 49.6 Å². The highest BCUT2D eigenvalue weighted by Gasteiger charge is 1.91. The Labute approximate surface area is 737 Å². The van der Waals surface area contributed by atoms with Crippen molar-refractivity contribution in [1.82, 2.24) is 94.7 Å². The smallest absolute Gasteiger partial charge is 0.125 e. The van der Waals surface area contributed by atoms with Gasteiger partial charge in [-0.05, 0) is 260 Å². The molecule has 12 rings (SSSR count). The first-order chi connectivity index (χ1) is 57.5. The lowest BCUT2D eigenvalue weighted by Crippen LogP contribution is -1.86. The molecule has 0 aliphatic rings. The van der Waals surface area contributed by atoms with Gasteiger partial charge < -0.3 is 0 Å². The maximum Gasteiger partial charge on any atom is 0.125 e. The van der Waals surface area contributed by atoms with Crippen molar-refractivity contribution in [3.8, 4) is 0 Å². The molecule has 0 aliphatic carbocycles. The molecule has 0 fully saturated rings. The third-order valence-corrected chi connectivity index (χ3v) is 11.5. The molecule has 0 spiro atoms. The first-order valence-corrected chi connectivity index (χ1v) is 43.2. The SMILES string of the molecule is CC.CC.CC.CC.CC.CC.CC.CC.CC.CC.CC.CC.Cc1ccc(C)nc1.Cc1cccc(C)n1.Cc1ccnc(C)c1.Cc1ccnc(C)c1.Cc1ccnc(C)n1.Cc1ccnc(C)n1.Cc1cnc(C)cn1.Cc1cnc(C)cn1.Cc1cnc(C)nc1.Cc1cnc(C)nc1.Cc1cncc(C)c1.Cc1cncc(C)n1. The van der Waals surface area contributed by atoms with Gasteiger partial charge in [-0.1, -0.05) is 184 Å². The Morgan fingerprint density at radius 1 is 0.142 bits per heavy atom. The molecule has 0 bridgehead atoms. The van der Waals surface area contributed by atoms with Gasteiger partial charge in [0.15, 0.2) is 0 Å². The van der Waals surface area contributed by atoms with E-state index in [1.807, 2.05) is 423 Å². The van der Waals surface area contributed by atoms with Gasteiger partial charge in [0.1, 0.15) is 23.3 Å². The monoisotopic (exact) mass is 1650 g/mol. The molecule has 19 nitrogen and oxygen atoms in total. The summed E-state index contributed by atoms with van der Waals surface area (Å²) in [6.07, 6.45) is 30.5. The minimum atomic E-state index is 0.829. The summed E-state index contributed by atoms with van der Waals surface area (Å²) in [7, 11) is 0. The lowest BCUT2D eigenvalue weighted by atomic mass is 10.2. The van der Waals surface area contributed by atoms with E-state index >= 15 is 0 Å². The maximum atomic E-state index is 4.17. The molecule has 0 aromatic carbocycles. The van der Waals surface area contributed by atoms with Gasteiger partial charge in [0.25, 0.3) is 0 Å². The van der Waals surface area contributed by atoms with Crippen LogP contribution >= 0.6 is 0 Å². The Bertz CT molecular complexity index is 3080. The predicted molar refractivity (Wildman–Crippen MR) is 525 cm³/mol. The highest BCUT2D eigenvalue weighted by atomic mass is 14.9. The second-order valence-corrected chi connectivity index (χ2v) is 22.4. The molecule has 0 amide bonds. The molecule has 0 saturated carbocycles. The van der Waals surface area contributed by atoms with Crippen LogP contribution in [-0.2, 0) is 0 Å². The quantitative estimate of drug-likeness (QED) is 0.137. The van der Waals surface area contributed by atoms with Gasteiger partial charge in [-0.2, -0.15) is 0 Å². The second-order valence-electron chi connectivity index (χ2n) is 22.4. The highest BCUT2D eigenvalue weighted by molar-refractivity contribution is 5.16. The van der Waals surface area contributed by atoms with Crippen LogP contribution in [0.15, 0.2) is 178 Å². The topological polar surface area (TPSA) is 245 Å². The van der Waals surface area contributed by atoms with Crippen molar-refractivity contribution in [1.29, 1.82) is 0 Å². The van der Waals surface area contributed by atoms with Crippen LogP contribution in [0.2, 0.25) is 0 Å². The van der Waals surface area contributed by atoms with Crippen molar-refractivity contribution < 1.29 is 0 Å². The lowest BCUT2D eigenvalue weighted by molar-refractivity contribution is 1.01. The Hall–Kier alpha value is -10.7. The Balaban J connectivity index is -0.000000104. The molecular formula is C101H173N19. The Morgan fingerprint density at radius 3 is 0.567 bits per heavy atom. The van der Waals surface area contributed by atoms with Crippen LogP contribution in [0.25, 0.3) is 0 Å². The van der Waals surface area contributed by atoms with Gasteiger partial charge in [-0.3, -0.25) is 54.8 Å². The molecule has 12 aromatic heterocycles. The molecule has 0 aliphatic heterocycles. The fourth-order valence-corrected chi connectivity index (χ4v) is 6.87. The number of pyridine rings is 5. The molecule has 0 atom stereocenters. The van der Waals surface area contributed by atoms with Crippen molar-refractivity contribution in [2.75, 3.05) is 0 Å². The zero-order valence-electron chi connectivity index (χ0n) is 85.2. The molecule has 19 heteroatoms. The highest BCUT2D eigenvalue weighted by Crippen LogP contribution is 2.01. The Kier molecular flexibility index (Phi) is 118. The van der Waals surface area contributed by atoms with E-state index in [2.05, 4.69) is 133 Å². The van der Waals surface area contributed by atoms with Crippen LogP contribution in [0.5, 0.6) is 0 Å². The first kappa shape index (κ1) is 135. The van der Waals surface area contributed by atoms with E-state index in [9.17, 15) is 0 Å². The third kappa shape index (κ3) is 102. The average molecular weight is 1650 g/mol. The van der Waals surface area contributed by atoms with Crippen LogP contribution < -0.4 is 0 Å². The molecule has 0 N–H and O–H groups in total. The van der Waals surface area contributed by atoms with Crippen LogP contribution in [0.3, 0.4) is 0 Å². The standard InChI is InChI=1S/5C7H9N.7C6H8N2.12C2H6/c1-6-3-7(2)5-8-4-6;2*1-6-3-4-8-7(2)5-6;1-6-3-4-7(2)8-5-6;1-6-4-3-5-7(2)8-6;2*1-5-3-8-6(2)4-7-5;1-5-3-7-4-6(2)8-5;2*1-5-3-7-6(2)8-4-5;2*1-5-3-4-7-6(2)8-5;12*1-2/h5*3-5H,1-2H3;7*3-4H,1-2H3;12*1-2H3. The number of hydrogen-bond acceptors (Lipinski definition) is 19. The molecular weight excluding hydrogens is 1480 g/mol. The zero-order valence-corrected chi connectivity index (χ0v) is 85.2. The summed E-state index contributed by atoms with van der Waals surface area (Å²) in [5.41, 5.74) is 21.7. The summed E-state index contributed by atoms with van der Waals surface area (Å²) in [6.45, 7) is 95.1. The average Bonchev–Trinajstić information content (AvgIpc) is 0.946. The fourth-order valence-electron chi connectivity index (χ4n) is 6.87. The molecule has 120 heavy (non-hydrogen) atoms. The second kappa shape index (κ2) is 104. The summed E-state index contributed by atoms with van der Waals surface area (Å²) in [6, 6.07) is 24.0. The zero-order chi connectivity index (χ0) is 95.8. The number of aryl methyl sites for hydroxylation is 24. The Morgan fingerprint density at radius 2 is 0.400 bits per heavy atom. The fraction of sp³-hybridized carbons (Fsp3) is 0.475. The minimum Gasteiger partial charge on any atom is -0.264 e. The van der Waals surface area contributed by atoms with Crippen LogP contribution in [-0.4, -0.2) is 94.7 Å². The lowest BCUT2D eigenvalue weighted by Gasteiger charge is -1.90. The summed E-state index contributed by atoms with van der Waals surface area (Å²) in [5, 5.41) is 0. The number of rotatable bonds is 0. The largest absolute Gasteiger partial charge is 0.264 e. The summed E-state index contributed by atoms with van der Waals surface area (Å²) in [5.74, 6) is 3.33. The van der Waals surface area contributed by atoms with Gasteiger partial charge >= 0.3 is 0 Å². The van der Waals surface area contributed by atoms with E-state index in [4.69, 9.17) is 0 Å². The summed E-state index contributed by atoms with van der Waals surface area (Å²) >= 11 is 0. The molecule has 0 saturated heterocycles. The first-order valence-electron chi connectivity index (χ1n) is 43.2. The van der Waals surface area contributed by atoms with E-state index in [0.29, 0.717) is 0 Å². The van der Waals surface area contributed by atoms with E-state index in [1.165, 1.54) is 27.8 Å². The maximum absolute atomic E-state index is 4.17. The predicted octanol–water partition coefficient (Wildman–Crippen LogP) is 28.5. The summed E-state index contributed by atoms with van der Waals surface area (Å²) in [4.78, 5) is 76.3. The molecule has 0 unspecified atom stereocenters. The number of nitrogens with zero attached hydrogens (tertiary/aromatic N) is 19. The van der Waals surface area contributed by atoms with Gasteiger partial charge in [0, 0.05) is 145 Å². The van der Waals surface area contributed by atoms with E-state index in [0.717, 1.165) is 108 Å². The molecule has 0 radical (unpaired) electrons. The van der Waals surface area contributed by atoms with Gasteiger partial charge in [0.2, 0.25) is 0 Å². The molecule has 12 aromatic rings. The van der Waals surface area contributed by atoms with Crippen LogP contribution in [0.1, 0.15) is 302 Å². The number of hydrogen-bond donors (Lipinski definition) is 0. The van der Waals surface area contributed by atoms with Gasteiger partial charge in [-0.25, -0.2) is 39.9 Å². The van der Waals surface area contributed by atoms with Gasteiger partial charge in [-0.15, -0.1) is 0 Å². The molecule has 672 valence electrons. The normalized spacial score (nSPS) is 8.00.